The zero-order valence-corrected chi connectivity index (χ0v) is 8.27. The second kappa shape index (κ2) is 3.54. The second-order valence-corrected chi connectivity index (χ2v) is 3.27. The molecule has 2 aromatic rings. The van der Waals surface area contributed by atoms with Crippen LogP contribution in [0.25, 0.3) is 0 Å². The van der Waals surface area contributed by atoms with E-state index in [9.17, 15) is 0 Å². The fourth-order valence-corrected chi connectivity index (χ4v) is 1.22. The Bertz CT molecular complexity index is 421. The van der Waals surface area contributed by atoms with Crippen molar-refractivity contribution in [3.63, 3.8) is 0 Å². The Labute approximate surface area is 82.9 Å². The van der Waals surface area contributed by atoms with Crippen molar-refractivity contribution in [1.29, 1.82) is 0 Å². The molecule has 2 rings (SSSR count). The lowest BCUT2D eigenvalue weighted by atomic mass is 10.1. The van der Waals surface area contributed by atoms with Crippen LogP contribution >= 0.6 is 0 Å². The smallest absolute Gasteiger partial charge is 0.161 e. The summed E-state index contributed by atoms with van der Waals surface area (Å²) in [6.07, 6.45) is 3.45. The number of hydrogen-bond acceptors (Lipinski definition) is 2. The molecule has 3 nitrogen and oxygen atoms in total. The first-order valence-electron chi connectivity index (χ1n) is 4.51. The summed E-state index contributed by atoms with van der Waals surface area (Å²) in [5.74, 6) is 0.841. The molecule has 0 bridgehead atoms. The molecule has 72 valence electrons. The molecule has 14 heavy (non-hydrogen) atoms. The standard InChI is InChI=1S/C11H12N2O/c1-9-4-5-10(2)11(8-9)14-13-7-3-6-12-13/h3-8H,1-2H3. The highest BCUT2D eigenvalue weighted by Crippen LogP contribution is 2.19. The first kappa shape index (κ1) is 8.81. The van der Waals surface area contributed by atoms with Crippen LogP contribution in [0.5, 0.6) is 5.75 Å². The zero-order valence-electron chi connectivity index (χ0n) is 8.27. The number of nitrogens with zero attached hydrogens (tertiary/aromatic N) is 2. The van der Waals surface area contributed by atoms with Gasteiger partial charge in [0.2, 0.25) is 0 Å². The van der Waals surface area contributed by atoms with Gasteiger partial charge in [0.25, 0.3) is 0 Å². The van der Waals surface area contributed by atoms with Crippen molar-refractivity contribution in [2.75, 3.05) is 0 Å². The molecular weight excluding hydrogens is 176 g/mol. The van der Waals surface area contributed by atoms with E-state index in [1.807, 2.05) is 32.0 Å². The predicted molar refractivity (Wildman–Crippen MR) is 54.2 cm³/mol. The SMILES string of the molecule is Cc1ccc(C)c(On2cccn2)c1. The monoisotopic (exact) mass is 188 g/mol. The highest BCUT2D eigenvalue weighted by atomic mass is 16.7. The normalized spacial score (nSPS) is 10.1. The molecule has 0 aliphatic carbocycles. The van der Waals surface area contributed by atoms with Gasteiger partial charge in [-0.3, -0.25) is 0 Å². The van der Waals surface area contributed by atoms with Crippen molar-refractivity contribution in [2.45, 2.75) is 13.8 Å². The van der Waals surface area contributed by atoms with Gasteiger partial charge >= 0.3 is 0 Å². The molecule has 0 saturated carbocycles. The molecule has 0 atom stereocenters. The van der Waals surface area contributed by atoms with Gasteiger partial charge in [-0.25, -0.2) is 0 Å². The maximum atomic E-state index is 5.54. The Balaban J connectivity index is 2.28. The third-order valence-corrected chi connectivity index (χ3v) is 2.02. The summed E-state index contributed by atoms with van der Waals surface area (Å²) in [5, 5.41) is 3.98. The minimum atomic E-state index is 0.841. The van der Waals surface area contributed by atoms with Crippen molar-refractivity contribution < 1.29 is 4.84 Å². The van der Waals surface area contributed by atoms with Crippen molar-refractivity contribution in [3.8, 4) is 5.75 Å². The molecule has 0 amide bonds. The fraction of sp³-hybridized carbons (Fsp3) is 0.182. The van der Waals surface area contributed by atoms with Crippen molar-refractivity contribution in [3.05, 3.63) is 47.8 Å². The lowest BCUT2D eigenvalue weighted by Gasteiger charge is -2.07. The third kappa shape index (κ3) is 1.76. The van der Waals surface area contributed by atoms with Gasteiger partial charge in [0.15, 0.2) is 5.75 Å². The topological polar surface area (TPSA) is 27.1 Å². The Morgan fingerprint density at radius 2 is 2.14 bits per heavy atom. The molecule has 0 fully saturated rings. The van der Waals surface area contributed by atoms with E-state index in [2.05, 4.69) is 11.2 Å². The number of hydrogen-bond donors (Lipinski definition) is 0. The maximum absolute atomic E-state index is 5.54. The Morgan fingerprint density at radius 1 is 1.29 bits per heavy atom. The van der Waals surface area contributed by atoms with Gasteiger partial charge in [0, 0.05) is 0 Å². The van der Waals surface area contributed by atoms with E-state index in [0.717, 1.165) is 11.3 Å². The van der Waals surface area contributed by atoms with E-state index >= 15 is 0 Å². The first-order chi connectivity index (χ1) is 6.75. The highest BCUT2D eigenvalue weighted by Gasteiger charge is 2.00. The van der Waals surface area contributed by atoms with E-state index in [0.29, 0.717) is 0 Å². The van der Waals surface area contributed by atoms with Gasteiger partial charge in [0.05, 0.1) is 12.4 Å². The van der Waals surface area contributed by atoms with E-state index in [1.165, 1.54) is 10.4 Å². The summed E-state index contributed by atoms with van der Waals surface area (Å²) in [4.78, 5) is 6.98. The average Bonchev–Trinajstić information content (AvgIpc) is 2.64. The van der Waals surface area contributed by atoms with Gasteiger partial charge in [-0.1, -0.05) is 12.1 Å². The average molecular weight is 188 g/mol. The molecule has 0 spiro atoms. The Kier molecular flexibility index (Phi) is 2.23. The summed E-state index contributed by atoms with van der Waals surface area (Å²) in [6.45, 7) is 4.05. The fourth-order valence-electron chi connectivity index (χ4n) is 1.22. The summed E-state index contributed by atoms with van der Waals surface area (Å²) in [5.41, 5.74) is 2.28. The molecule has 0 radical (unpaired) electrons. The zero-order chi connectivity index (χ0) is 9.97. The minimum absolute atomic E-state index is 0.841. The first-order valence-corrected chi connectivity index (χ1v) is 4.51. The van der Waals surface area contributed by atoms with Gasteiger partial charge in [-0.2, -0.15) is 0 Å². The van der Waals surface area contributed by atoms with Gasteiger partial charge < -0.3 is 4.84 Å². The lowest BCUT2D eigenvalue weighted by molar-refractivity contribution is 0.177. The van der Waals surface area contributed by atoms with Gasteiger partial charge in [-0.05, 0) is 37.1 Å². The Hall–Kier alpha value is -1.77. The number of aromatic nitrogens is 2. The molecule has 1 aromatic carbocycles. The second-order valence-electron chi connectivity index (χ2n) is 3.27. The van der Waals surface area contributed by atoms with Crippen LogP contribution in [0, 0.1) is 13.8 Å². The molecule has 1 heterocycles. The molecule has 0 aliphatic rings. The van der Waals surface area contributed by atoms with Gasteiger partial charge in [0.1, 0.15) is 0 Å². The predicted octanol–water partition coefficient (Wildman–Crippen LogP) is 2.34. The largest absolute Gasteiger partial charge is 0.358 e. The van der Waals surface area contributed by atoms with E-state index in [4.69, 9.17) is 4.84 Å². The lowest BCUT2D eigenvalue weighted by Crippen LogP contribution is -2.06. The molecule has 0 N–H and O–H groups in total. The van der Waals surface area contributed by atoms with Crippen LogP contribution in [-0.2, 0) is 0 Å². The van der Waals surface area contributed by atoms with E-state index < -0.39 is 0 Å². The van der Waals surface area contributed by atoms with Crippen LogP contribution in [0.4, 0.5) is 0 Å². The van der Waals surface area contributed by atoms with Crippen LogP contribution < -0.4 is 4.84 Å². The van der Waals surface area contributed by atoms with Crippen molar-refractivity contribution >= 4 is 0 Å². The number of aryl methyl sites for hydroxylation is 2. The maximum Gasteiger partial charge on any atom is 0.161 e. The van der Waals surface area contributed by atoms with Crippen molar-refractivity contribution in [1.82, 2.24) is 9.94 Å². The summed E-state index contributed by atoms with van der Waals surface area (Å²) < 4.78 is 0. The quantitative estimate of drug-likeness (QED) is 0.723. The Morgan fingerprint density at radius 3 is 2.86 bits per heavy atom. The molecular formula is C11H12N2O. The summed E-state index contributed by atoms with van der Waals surface area (Å²) in [6, 6.07) is 7.92. The molecule has 0 unspecified atom stereocenters. The molecule has 3 heteroatoms. The minimum Gasteiger partial charge on any atom is -0.358 e. The molecule has 0 aliphatic heterocycles. The van der Waals surface area contributed by atoms with E-state index in [1.54, 1.807) is 12.4 Å². The van der Waals surface area contributed by atoms with Crippen molar-refractivity contribution in [2.24, 2.45) is 0 Å². The summed E-state index contributed by atoms with van der Waals surface area (Å²) in [7, 11) is 0. The van der Waals surface area contributed by atoms with Crippen LogP contribution in [0.3, 0.4) is 0 Å². The summed E-state index contributed by atoms with van der Waals surface area (Å²) >= 11 is 0. The van der Waals surface area contributed by atoms with Crippen LogP contribution in [0.1, 0.15) is 11.1 Å². The number of rotatable bonds is 2. The van der Waals surface area contributed by atoms with Crippen LogP contribution in [-0.4, -0.2) is 9.94 Å². The van der Waals surface area contributed by atoms with Gasteiger partial charge in [-0.15, -0.1) is 9.94 Å². The van der Waals surface area contributed by atoms with E-state index in [-0.39, 0.29) is 0 Å². The number of benzene rings is 1. The highest BCUT2D eigenvalue weighted by molar-refractivity contribution is 5.35. The van der Waals surface area contributed by atoms with Crippen LogP contribution in [0.2, 0.25) is 0 Å². The van der Waals surface area contributed by atoms with Crippen LogP contribution in [0.15, 0.2) is 36.7 Å². The molecule has 1 aromatic heterocycles. The third-order valence-electron chi connectivity index (χ3n) is 2.02. The molecule has 0 saturated heterocycles.